The van der Waals surface area contributed by atoms with E-state index in [4.69, 9.17) is 24.2 Å². The third kappa shape index (κ3) is 9.50. The van der Waals surface area contributed by atoms with Gasteiger partial charge in [-0.15, -0.1) is 11.8 Å². The largest absolute Gasteiger partial charge is 0.171 e. The minimum Gasteiger partial charge on any atom is -0.171 e. The number of thiol groups is 1. The fourth-order valence-corrected chi connectivity index (χ4v) is 9.52. The van der Waals surface area contributed by atoms with Crippen molar-refractivity contribution in [3.8, 4) is 0 Å². The molecule has 0 N–H and O–H groups in total. The molecule has 1 fully saturated rings. The molecular weight excluding hydrogens is 640 g/mol. The molecule has 1 aliphatic carbocycles. The first kappa shape index (κ1) is 34.7. The van der Waals surface area contributed by atoms with Gasteiger partial charge in [0.1, 0.15) is 0 Å². The van der Waals surface area contributed by atoms with Crippen molar-refractivity contribution in [3.63, 3.8) is 0 Å². The van der Waals surface area contributed by atoms with Gasteiger partial charge in [-0.05, 0) is 90.2 Å². The standard InChI is InChI=1S/C45H47ClS2/c1-33(36-15-6-2-7-16-36)29-34(30-42(47)37-17-8-3-9-18-37)25-27-40-23-14-24-41(45(40)46)28-26-35-31-43(38-19-10-4-11-20-38)48-44(32-35)39-21-12-5-13-22-39/h2-13,15-22,25-28,33-34,42-44,47H,14,23-24,29-32H2,1H3/b27-25+,35-26?,41-28-. The van der Waals surface area contributed by atoms with Crippen LogP contribution in [-0.4, -0.2) is 0 Å². The third-order valence-corrected chi connectivity index (χ3v) is 12.4. The molecule has 4 aromatic rings. The minimum absolute atomic E-state index is 0.190. The van der Waals surface area contributed by atoms with Gasteiger partial charge in [0.2, 0.25) is 0 Å². The van der Waals surface area contributed by atoms with E-state index in [2.05, 4.69) is 164 Å². The van der Waals surface area contributed by atoms with Gasteiger partial charge in [0.05, 0.1) is 0 Å². The first-order chi connectivity index (χ1) is 23.5. The average Bonchev–Trinajstić information content (AvgIpc) is 3.15. The van der Waals surface area contributed by atoms with Crippen LogP contribution in [0.25, 0.3) is 0 Å². The van der Waals surface area contributed by atoms with Gasteiger partial charge in [-0.1, -0.05) is 170 Å². The van der Waals surface area contributed by atoms with Crippen molar-refractivity contribution in [2.45, 2.75) is 73.5 Å². The molecule has 3 heteroatoms. The summed E-state index contributed by atoms with van der Waals surface area (Å²) in [5, 5.41) is 2.04. The van der Waals surface area contributed by atoms with Crippen LogP contribution < -0.4 is 0 Å². The molecular formula is C45H47ClS2. The summed E-state index contributed by atoms with van der Waals surface area (Å²) in [6.45, 7) is 2.35. The van der Waals surface area contributed by atoms with Crippen molar-refractivity contribution in [2.75, 3.05) is 0 Å². The van der Waals surface area contributed by atoms with Crippen LogP contribution in [0.1, 0.15) is 95.8 Å². The number of hydrogen-bond donors (Lipinski definition) is 1. The second-order valence-corrected chi connectivity index (χ2v) is 15.8. The fraction of sp³-hybridized carbons (Fsp3) is 0.289. The predicted molar refractivity (Wildman–Crippen MR) is 213 cm³/mol. The topological polar surface area (TPSA) is 0 Å². The summed E-state index contributed by atoms with van der Waals surface area (Å²) in [5.74, 6) is 0.851. The smallest absolute Gasteiger partial charge is 0.0469 e. The molecule has 2 aliphatic rings. The molecule has 0 nitrogen and oxygen atoms in total. The van der Waals surface area contributed by atoms with Crippen LogP contribution in [0.4, 0.5) is 0 Å². The summed E-state index contributed by atoms with van der Waals surface area (Å²) in [7, 11) is 0. The lowest BCUT2D eigenvalue weighted by Gasteiger charge is -2.31. The molecule has 0 bridgehead atoms. The highest BCUT2D eigenvalue weighted by atomic mass is 35.5. The lowest BCUT2D eigenvalue weighted by molar-refractivity contribution is 0.494. The molecule has 1 aliphatic heterocycles. The maximum absolute atomic E-state index is 7.21. The van der Waals surface area contributed by atoms with Crippen LogP contribution >= 0.6 is 36.0 Å². The van der Waals surface area contributed by atoms with E-state index in [0.29, 0.717) is 22.3 Å². The van der Waals surface area contributed by atoms with Crippen molar-refractivity contribution < 1.29 is 0 Å². The molecule has 0 radical (unpaired) electrons. The van der Waals surface area contributed by atoms with E-state index in [1.165, 1.54) is 39.0 Å². The minimum atomic E-state index is 0.190. The van der Waals surface area contributed by atoms with Crippen molar-refractivity contribution >= 4 is 36.0 Å². The van der Waals surface area contributed by atoms with Crippen LogP contribution in [0.15, 0.2) is 167 Å². The fourth-order valence-electron chi connectivity index (χ4n) is 7.12. The van der Waals surface area contributed by atoms with Crippen molar-refractivity contribution in [2.24, 2.45) is 5.92 Å². The Morgan fingerprint density at radius 2 is 1.25 bits per heavy atom. The SMILES string of the molecule is CC(CC(/C=C/C1=C(Cl)C(=C\C=C2CC(c3ccccc3)SC(c3ccccc3)C2)/CCC1)CC(S)c1ccccc1)c1ccccc1. The molecule has 4 aromatic carbocycles. The lowest BCUT2D eigenvalue weighted by atomic mass is 9.85. The van der Waals surface area contributed by atoms with E-state index >= 15 is 0 Å². The van der Waals surface area contributed by atoms with Gasteiger partial charge in [0.25, 0.3) is 0 Å². The summed E-state index contributed by atoms with van der Waals surface area (Å²) in [5.41, 5.74) is 9.55. The highest BCUT2D eigenvalue weighted by molar-refractivity contribution is 7.99. The molecule has 6 rings (SSSR count). The number of hydrogen-bond acceptors (Lipinski definition) is 2. The molecule has 246 valence electrons. The Balaban J connectivity index is 1.22. The van der Waals surface area contributed by atoms with Gasteiger partial charge >= 0.3 is 0 Å². The van der Waals surface area contributed by atoms with Gasteiger partial charge < -0.3 is 0 Å². The molecule has 0 saturated carbocycles. The molecule has 0 amide bonds. The van der Waals surface area contributed by atoms with Crippen molar-refractivity contribution in [1.82, 2.24) is 0 Å². The maximum atomic E-state index is 7.21. The van der Waals surface area contributed by atoms with E-state index in [9.17, 15) is 0 Å². The number of halogens is 1. The van der Waals surface area contributed by atoms with Crippen molar-refractivity contribution in [1.29, 1.82) is 0 Å². The van der Waals surface area contributed by atoms with E-state index in [0.717, 1.165) is 50.0 Å². The Bertz CT molecular complexity index is 1610. The Hall–Kier alpha value is -3.17. The van der Waals surface area contributed by atoms with Gasteiger partial charge in [-0.2, -0.15) is 12.6 Å². The molecule has 1 heterocycles. The maximum Gasteiger partial charge on any atom is 0.0469 e. The predicted octanol–water partition coefficient (Wildman–Crippen LogP) is 14.0. The second-order valence-electron chi connectivity index (χ2n) is 13.4. The molecule has 1 saturated heterocycles. The van der Waals surface area contributed by atoms with E-state index < -0.39 is 0 Å². The Labute approximate surface area is 303 Å². The zero-order chi connectivity index (χ0) is 33.1. The highest BCUT2D eigenvalue weighted by Crippen LogP contribution is 2.52. The molecule has 0 aromatic heterocycles. The molecule has 5 unspecified atom stereocenters. The normalized spacial score (nSPS) is 21.3. The van der Waals surface area contributed by atoms with Gasteiger partial charge in [-0.25, -0.2) is 0 Å². The average molecular weight is 687 g/mol. The molecule has 0 spiro atoms. The van der Waals surface area contributed by atoms with Crippen LogP contribution in [0, 0.1) is 5.92 Å². The first-order valence-corrected chi connectivity index (χ1v) is 19.4. The monoisotopic (exact) mass is 686 g/mol. The lowest BCUT2D eigenvalue weighted by Crippen LogP contribution is -2.09. The Kier molecular flexibility index (Phi) is 12.6. The Morgan fingerprint density at radius 1 is 0.708 bits per heavy atom. The summed E-state index contributed by atoms with van der Waals surface area (Å²) in [4.78, 5) is 0. The number of benzene rings is 4. The zero-order valence-electron chi connectivity index (χ0n) is 27.9. The molecule has 5 atom stereocenters. The summed E-state index contributed by atoms with van der Waals surface area (Å²) < 4.78 is 0. The van der Waals surface area contributed by atoms with E-state index in [1.54, 1.807) is 0 Å². The third-order valence-electron chi connectivity index (χ3n) is 9.85. The van der Waals surface area contributed by atoms with Crippen LogP contribution in [-0.2, 0) is 0 Å². The van der Waals surface area contributed by atoms with E-state index in [-0.39, 0.29) is 5.25 Å². The van der Waals surface area contributed by atoms with E-state index in [1.807, 2.05) is 0 Å². The second kappa shape index (κ2) is 17.5. The summed E-state index contributed by atoms with van der Waals surface area (Å²) in [6, 6.07) is 43.6. The van der Waals surface area contributed by atoms with Gasteiger partial charge in [0.15, 0.2) is 0 Å². The number of allylic oxidation sites excluding steroid dienone is 8. The van der Waals surface area contributed by atoms with Crippen LogP contribution in [0.5, 0.6) is 0 Å². The van der Waals surface area contributed by atoms with Crippen molar-refractivity contribution in [3.05, 3.63) is 190 Å². The number of rotatable bonds is 11. The van der Waals surface area contributed by atoms with Crippen LogP contribution in [0.2, 0.25) is 0 Å². The Morgan fingerprint density at radius 3 is 1.83 bits per heavy atom. The van der Waals surface area contributed by atoms with Crippen LogP contribution in [0.3, 0.4) is 0 Å². The highest BCUT2D eigenvalue weighted by Gasteiger charge is 2.28. The molecule has 48 heavy (non-hydrogen) atoms. The zero-order valence-corrected chi connectivity index (χ0v) is 30.4. The van der Waals surface area contributed by atoms with Gasteiger partial charge in [0, 0.05) is 20.8 Å². The quantitative estimate of drug-likeness (QED) is 0.153. The first-order valence-electron chi connectivity index (χ1n) is 17.5. The van der Waals surface area contributed by atoms with Gasteiger partial charge in [-0.3, -0.25) is 0 Å². The number of thioether (sulfide) groups is 1. The summed E-state index contributed by atoms with van der Waals surface area (Å²) in [6.07, 6.45) is 16.9. The summed E-state index contributed by atoms with van der Waals surface area (Å²) >= 11 is 14.4.